The van der Waals surface area contributed by atoms with E-state index < -0.39 is 0 Å². The second kappa shape index (κ2) is 7.67. The summed E-state index contributed by atoms with van der Waals surface area (Å²) in [5.74, 6) is 1.32. The Labute approximate surface area is 157 Å². The molecule has 1 aromatic heterocycles. The summed E-state index contributed by atoms with van der Waals surface area (Å²) in [7, 11) is 0. The van der Waals surface area contributed by atoms with E-state index in [-0.39, 0.29) is 18.3 Å². The number of halogens is 1. The Kier molecular flexibility index (Phi) is 5.33. The lowest BCUT2D eigenvalue weighted by molar-refractivity contribution is 0.0992. The summed E-state index contributed by atoms with van der Waals surface area (Å²) in [6.45, 7) is 6.10. The lowest BCUT2D eigenvalue weighted by Crippen LogP contribution is -2.12. The molecule has 134 valence electrons. The van der Waals surface area contributed by atoms with E-state index in [1.165, 1.54) is 0 Å². The Morgan fingerprint density at radius 3 is 2.46 bits per heavy atom. The van der Waals surface area contributed by atoms with Gasteiger partial charge in [0.15, 0.2) is 5.76 Å². The number of rotatable bonds is 5. The zero-order valence-electron chi connectivity index (χ0n) is 14.9. The quantitative estimate of drug-likeness (QED) is 0.628. The molecule has 0 saturated carbocycles. The van der Waals surface area contributed by atoms with Gasteiger partial charge < -0.3 is 14.5 Å². The Balaban J connectivity index is 1.67. The van der Waals surface area contributed by atoms with Crippen LogP contribution in [0.25, 0.3) is 0 Å². The van der Waals surface area contributed by atoms with E-state index in [0.717, 1.165) is 22.4 Å². The van der Waals surface area contributed by atoms with E-state index in [9.17, 15) is 4.79 Å². The third kappa shape index (κ3) is 3.92. The number of hydrogen-bond acceptors (Lipinski definition) is 3. The van der Waals surface area contributed by atoms with Crippen LogP contribution < -0.4 is 10.1 Å². The van der Waals surface area contributed by atoms with Gasteiger partial charge in [-0.05, 0) is 61.7 Å². The van der Waals surface area contributed by atoms with Crippen molar-refractivity contribution in [1.82, 2.24) is 0 Å². The predicted octanol–water partition coefficient (Wildman–Crippen LogP) is 5.69. The fourth-order valence-corrected chi connectivity index (χ4v) is 2.85. The maximum Gasteiger partial charge on any atom is 0.291 e. The normalized spacial score (nSPS) is 10.6. The number of nitrogens with one attached hydrogen (secondary N) is 1. The molecule has 1 N–H and O–H groups in total. The molecule has 3 rings (SSSR count). The number of hydrogen-bond donors (Lipinski definition) is 1. The third-order valence-corrected chi connectivity index (χ3v) is 4.58. The number of anilines is 1. The minimum Gasteiger partial charge on any atom is -0.485 e. The first-order valence-electron chi connectivity index (χ1n) is 8.30. The van der Waals surface area contributed by atoms with Gasteiger partial charge in [0.1, 0.15) is 18.1 Å². The fraction of sp³-hybridized carbons (Fsp3) is 0.190. The van der Waals surface area contributed by atoms with Crippen LogP contribution in [0.3, 0.4) is 0 Å². The van der Waals surface area contributed by atoms with E-state index >= 15 is 0 Å². The summed E-state index contributed by atoms with van der Waals surface area (Å²) in [6, 6.07) is 14.7. The largest absolute Gasteiger partial charge is 0.485 e. The monoisotopic (exact) mass is 369 g/mol. The SMILES string of the molecule is Cc1cccc(C)c1OCc1ccc(C(=O)Nc2cccc(Cl)c2C)o1. The first-order chi connectivity index (χ1) is 12.5. The van der Waals surface area contributed by atoms with E-state index in [1.54, 1.807) is 30.3 Å². The second-order valence-corrected chi connectivity index (χ2v) is 6.55. The van der Waals surface area contributed by atoms with Crippen molar-refractivity contribution in [2.24, 2.45) is 0 Å². The van der Waals surface area contributed by atoms with E-state index in [1.807, 2.05) is 39.0 Å². The van der Waals surface area contributed by atoms with Gasteiger partial charge in [0.25, 0.3) is 5.91 Å². The van der Waals surface area contributed by atoms with E-state index in [0.29, 0.717) is 16.5 Å². The summed E-state index contributed by atoms with van der Waals surface area (Å²) in [6.07, 6.45) is 0. The molecule has 0 unspecified atom stereocenters. The number of aryl methyl sites for hydroxylation is 2. The van der Waals surface area contributed by atoms with Gasteiger partial charge in [0, 0.05) is 10.7 Å². The number of benzene rings is 2. The highest BCUT2D eigenvalue weighted by molar-refractivity contribution is 6.31. The molecule has 1 amide bonds. The van der Waals surface area contributed by atoms with Gasteiger partial charge in [-0.3, -0.25) is 4.79 Å². The molecular weight excluding hydrogens is 350 g/mol. The van der Waals surface area contributed by atoms with Gasteiger partial charge in [-0.2, -0.15) is 0 Å². The molecule has 0 aliphatic carbocycles. The van der Waals surface area contributed by atoms with Crippen molar-refractivity contribution >= 4 is 23.2 Å². The molecule has 4 nitrogen and oxygen atoms in total. The summed E-state index contributed by atoms with van der Waals surface area (Å²) < 4.78 is 11.5. The molecule has 0 saturated heterocycles. The van der Waals surface area contributed by atoms with Crippen molar-refractivity contribution < 1.29 is 13.9 Å². The van der Waals surface area contributed by atoms with Crippen LogP contribution >= 0.6 is 11.6 Å². The Bertz CT molecular complexity index is 926. The molecule has 2 aromatic carbocycles. The average molecular weight is 370 g/mol. The molecule has 0 atom stereocenters. The predicted molar refractivity (Wildman–Crippen MR) is 103 cm³/mol. The zero-order valence-corrected chi connectivity index (χ0v) is 15.7. The average Bonchev–Trinajstić information content (AvgIpc) is 3.08. The van der Waals surface area contributed by atoms with Crippen molar-refractivity contribution in [2.75, 3.05) is 5.32 Å². The molecule has 0 radical (unpaired) electrons. The van der Waals surface area contributed by atoms with Crippen molar-refractivity contribution in [3.8, 4) is 5.75 Å². The Morgan fingerprint density at radius 2 is 1.73 bits per heavy atom. The first kappa shape index (κ1) is 18.1. The maximum absolute atomic E-state index is 12.4. The summed E-state index contributed by atoms with van der Waals surface area (Å²) in [4.78, 5) is 12.4. The summed E-state index contributed by atoms with van der Waals surface area (Å²) in [5.41, 5.74) is 3.59. The molecule has 0 aliphatic heterocycles. The number of carbonyl (C=O) groups is 1. The van der Waals surface area contributed by atoms with Gasteiger partial charge >= 0.3 is 0 Å². The minimum atomic E-state index is -0.325. The standard InChI is InChI=1S/C21H20ClNO3/c1-13-6-4-7-14(2)20(13)25-12-16-10-11-19(26-16)21(24)23-18-9-5-8-17(22)15(18)3/h4-11H,12H2,1-3H3,(H,23,24). The van der Waals surface area contributed by atoms with E-state index in [2.05, 4.69) is 5.32 Å². The number of carbonyl (C=O) groups excluding carboxylic acids is 1. The van der Waals surface area contributed by atoms with Crippen LogP contribution in [0.4, 0.5) is 5.69 Å². The van der Waals surface area contributed by atoms with Crippen LogP contribution in [0.5, 0.6) is 5.75 Å². The molecule has 5 heteroatoms. The smallest absolute Gasteiger partial charge is 0.291 e. The van der Waals surface area contributed by atoms with Crippen molar-refractivity contribution in [3.63, 3.8) is 0 Å². The zero-order chi connectivity index (χ0) is 18.7. The minimum absolute atomic E-state index is 0.226. The van der Waals surface area contributed by atoms with Crippen LogP contribution in [0.2, 0.25) is 5.02 Å². The van der Waals surface area contributed by atoms with Gasteiger partial charge in [0.2, 0.25) is 0 Å². The van der Waals surface area contributed by atoms with Gasteiger partial charge in [-0.15, -0.1) is 0 Å². The molecule has 26 heavy (non-hydrogen) atoms. The molecule has 1 heterocycles. The maximum atomic E-state index is 12.4. The highest BCUT2D eigenvalue weighted by Crippen LogP contribution is 2.25. The summed E-state index contributed by atoms with van der Waals surface area (Å²) in [5, 5.41) is 3.42. The molecule has 0 spiro atoms. The van der Waals surface area contributed by atoms with Crippen LogP contribution in [-0.4, -0.2) is 5.91 Å². The second-order valence-electron chi connectivity index (χ2n) is 6.14. The lowest BCUT2D eigenvalue weighted by atomic mass is 10.1. The van der Waals surface area contributed by atoms with Gasteiger partial charge in [0.05, 0.1) is 0 Å². The first-order valence-corrected chi connectivity index (χ1v) is 8.67. The third-order valence-electron chi connectivity index (χ3n) is 4.17. The number of furan rings is 1. The van der Waals surface area contributed by atoms with Gasteiger partial charge in [-0.25, -0.2) is 0 Å². The number of para-hydroxylation sites is 1. The molecule has 0 bridgehead atoms. The highest BCUT2D eigenvalue weighted by Gasteiger charge is 2.14. The van der Waals surface area contributed by atoms with Crippen LogP contribution in [-0.2, 0) is 6.61 Å². The van der Waals surface area contributed by atoms with Crippen LogP contribution in [0, 0.1) is 20.8 Å². The molecule has 0 fully saturated rings. The Hall–Kier alpha value is -2.72. The van der Waals surface area contributed by atoms with Crippen molar-refractivity contribution in [2.45, 2.75) is 27.4 Å². The highest BCUT2D eigenvalue weighted by atomic mass is 35.5. The van der Waals surface area contributed by atoms with Crippen LogP contribution in [0.1, 0.15) is 33.0 Å². The summed E-state index contributed by atoms with van der Waals surface area (Å²) >= 11 is 6.08. The molecule has 0 aliphatic rings. The van der Waals surface area contributed by atoms with E-state index in [4.69, 9.17) is 20.8 Å². The molecular formula is C21H20ClNO3. The van der Waals surface area contributed by atoms with Crippen molar-refractivity contribution in [1.29, 1.82) is 0 Å². The topological polar surface area (TPSA) is 51.5 Å². The van der Waals surface area contributed by atoms with Crippen LogP contribution in [0.15, 0.2) is 52.9 Å². The Morgan fingerprint density at radius 1 is 1.04 bits per heavy atom. The molecule has 3 aromatic rings. The number of amides is 1. The van der Waals surface area contributed by atoms with Crippen molar-refractivity contribution in [3.05, 3.63) is 81.8 Å². The number of ether oxygens (including phenoxy) is 1. The van der Waals surface area contributed by atoms with Gasteiger partial charge in [-0.1, -0.05) is 35.9 Å². The fourth-order valence-electron chi connectivity index (χ4n) is 2.67. The lowest BCUT2D eigenvalue weighted by Gasteiger charge is -2.10.